The molecule has 0 aromatic rings. The van der Waals surface area contributed by atoms with E-state index < -0.39 is 0 Å². The zero-order valence-electron chi connectivity index (χ0n) is 9.57. The van der Waals surface area contributed by atoms with Crippen molar-refractivity contribution >= 4 is 24.4 Å². The van der Waals surface area contributed by atoms with Crippen molar-refractivity contribution in [3.05, 3.63) is 0 Å². The Morgan fingerprint density at radius 3 is 2.71 bits per heavy atom. The lowest BCUT2D eigenvalue weighted by atomic mass is 9.97. The second kappa shape index (κ2) is 6.29. The molecule has 1 rings (SSSR count). The first kappa shape index (κ1) is 12.7. The second-order valence-electron chi connectivity index (χ2n) is 4.63. The number of nitrogens with zero attached hydrogens (tertiary/aromatic N) is 1. The molecule has 1 nitrogen and oxygen atoms in total. The van der Waals surface area contributed by atoms with Gasteiger partial charge in [-0.05, 0) is 17.6 Å². The summed E-state index contributed by atoms with van der Waals surface area (Å²) in [6.07, 6.45) is 0. The fraction of sp³-hybridized carbons (Fsp3) is 1.00. The summed E-state index contributed by atoms with van der Waals surface area (Å²) >= 11 is 6.55. The largest absolute Gasteiger partial charge is 0.301 e. The average molecular weight is 233 g/mol. The molecule has 0 aromatic heterocycles. The molecule has 2 unspecified atom stereocenters. The quantitative estimate of drug-likeness (QED) is 0.744. The first-order valence-corrected chi connectivity index (χ1v) is 7.26. The number of thioether (sulfide) groups is 1. The lowest BCUT2D eigenvalue weighted by molar-refractivity contribution is 0.222. The molecule has 0 N–H and O–H groups in total. The normalized spacial score (nSPS) is 26.8. The van der Waals surface area contributed by atoms with E-state index in [4.69, 9.17) is 0 Å². The van der Waals surface area contributed by atoms with Crippen LogP contribution in [0.5, 0.6) is 0 Å². The van der Waals surface area contributed by atoms with Gasteiger partial charge in [-0.2, -0.15) is 24.4 Å². The van der Waals surface area contributed by atoms with Crippen LogP contribution in [0, 0.1) is 11.8 Å². The van der Waals surface area contributed by atoms with Gasteiger partial charge in [0.2, 0.25) is 0 Å². The van der Waals surface area contributed by atoms with Gasteiger partial charge in [0.25, 0.3) is 0 Å². The Balaban J connectivity index is 2.33. The average Bonchev–Trinajstić information content (AvgIpc) is 2.14. The zero-order valence-corrected chi connectivity index (χ0v) is 11.3. The maximum absolute atomic E-state index is 4.45. The van der Waals surface area contributed by atoms with Gasteiger partial charge in [-0.3, -0.25) is 0 Å². The van der Waals surface area contributed by atoms with E-state index in [1.165, 1.54) is 25.4 Å². The molecule has 0 radical (unpaired) electrons. The summed E-state index contributed by atoms with van der Waals surface area (Å²) in [4.78, 5) is 2.61. The molecule has 1 fully saturated rings. The van der Waals surface area contributed by atoms with E-state index in [9.17, 15) is 0 Å². The van der Waals surface area contributed by atoms with Crippen LogP contribution in [-0.2, 0) is 0 Å². The van der Waals surface area contributed by atoms with Crippen LogP contribution in [-0.4, -0.2) is 41.3 Å². The summed E-state index contributed by atoms with van der Waals surface area (Å²) in [5.41, 5.74) is 0. The number of hydrogen-bond acceptors (Lipinski definition) is 3. The van der Waals surface area contributed by atoms with Gasteiger partial charge in [-0.15, -0.1) is 0 Å². The van der Waals surface area contributed by atoms with Crippen molar-refractivity contribution in [3.8, 4) is 0 Å². The standard InChI is InChI=1S/C11H23NS2/c1-9(2)11(8-13)7-12-4-5-14-10(3)6-12/h9-11,13H,4-8H2,1-3H3. The Hall–Kier alpha value is 0.660. The molecule has 0 bridgehead atoms. The van der Waals surface area contributed by atoms with Gasteiger partial charge >= 0.3 is 0 Å². The van der Waals surface area contributed by atoms with E-state index >= 15 is 0 Å². The van der Waals surface area contributed by atoms with Gasteiger partial charge in [0.1, 0.15) is 0 Å². The van der Waals surface area contributed by atoms with E-state index in [0.29, 0.717) is 0 Å². The van der Waals surface area contributed by atoms with Gasteiger partial charge in [0.15, 0.2) is 0 Å². The topological polar surface area (TPSA) is 3.24 Å². The van der Waals surface area contributed by atoms with Crippen molar-refractivity contribution in [2.45, 2.75) is 26.0 Å². The van der Waals surface area contributed by atoms with Crippen molar-refractivity contribution in [2.24, 2.45) is 11.8 Å². The molecule has 0 spiro atoms. The molecule has 14 heavy (non-hydrogen) atoms. The van der Waals surface area contributed by atoms with Crippen LogP contribution in [0.2, 0.25) is 0 Å². The Kier molecular flexibility index (Phi) is 5.72. The van der Waals surface area contributed by atoms with Gasteiger partial charge < -0.3 is 4.90 Å². The van der Waals surface area contributed by atoms with Crippen molar-refractivity contribution in [3.63, 3.8) is 0 Å². The summed E-state index contributed by atoms with van der Waals surface area (Å²) in [7, 11) is 0. The van der Waals surface area contributed by atoms with Crippen molar-refractivity contribution in [2.75, 3.05) is 31.1 Å². The third-order valence-electron chi connectivity index (χ3n) is 3.00. The zero-order chi connectivity index (χ0) is 10.6. The molecule has 1 saturated heterocycles. The van der Waals surface area contributed by atoms with Gasteiger partial charge in [0, 0.05) is 30.6 Å². The first-order valence-electron chi connectivity index (χ1n) is 5.58. The van der Waals surface area contributed by atoms with Crippen LogP contribution in [0.3, 0.4) is 0 Å². The molecule has 1 aliphatic heterocycles. The van der Waals surface area contributed by atoms with Crippen molar-refractivity contribution in [1.29, 1.82) is 0 Å². The lowest BCUT2D eigenvalue weighted by Gasteiger charge is -2.34. The molecule has 84 valence electrons. The number of rotatable bonds is 4. The minimum absolute atomic E-state index is 0.758. The third-order valence-corrected chi connectivity index (χ3v) is 4.60. The summed E-state index contributed by atoms with van der Waals surface area (Å²) in [6.45, 7) is 10.7. The summed E-state index contributed by atoms with van der Waals surface area (Å²) in [5.74, 6) is 3.85. The highest BCUT2D eigenvalue weighted by molar-refractivity contribution is 7.99. The minimum atomic E-state index is 0.758. The van der Waals surface area contributed by atoms with Gasteiger partial charge in [-0.25, -0.2) is 0 Å². The van der Waals surface area contributed by atoms with Crippen molar-refractivity contribution in [1.82, 2.24) is 4.90 Å². The van der Waals surface area contributed by atoms with Crippen molar-refractivity contribution < 1.29 is 0 Å². The van der Waals surface area contributed by atoms with E-state index in [1.807, 2.05) is 0 Å². The van der Waals surface area contributed by atoms with Gasteiger partial charge in [0.05, 0.1) is 0 Å². The molecule has 0 amide bonds. The summed E-state index contributed by atoms with van der Waals surface area (Å²) in [5, 5.41) is 0.816. The van der Waals surface area contributed by atoms with Crippen LogP contribution in [0.1, 0.15) is 20.8 Å². The molecule has 0 aromatic carbocycles. The Labute approximate surface area is 98.4 Å². The molecule has 2 atom stereocenters. The molecular weight excluding hydrogens is 210 g/mol. The third kappa shape index (κ3) is 4.03. The highest BCUT2D eigenvalue weighted by Crippen LogP contribution is 2.21. The highest BCUT2D eigenvalue weighted by atomic mass is 32.2. The van der Waals surface area contributed by atoms with E-state index in [-0.39, 0.29) is 0 Å². The Morgan fingerprint density at radius 2 is 2.21 bits per heavy atom. The monoisotopic (exact) mass is 233 g/mol. The van der Waals surface area contributed by atoms with Crippen LogP contribution >= 0.6 is 24.4 Å². The smallest absolute Gasteiger partial charge is 0.0147 e. The van der Waals surface area contributed by atoms with Crippen LogP contribution < -0.4 is 0 Å². The van der Waals surface area contributed by atoms with Crippen LogP contribution in [0.15, 0.2) is 0 Å². The number of thiol groups is 1. The van der Waals surface area contributed by atoms with Gasteiger partial charge in [-0.1, -0.05) is 20.8 Å². The molecular formula is C11H23NS2. The van der Waals surface area contributed by atoms with Crippen LogP contribution in [0.4, 0.5) is 0 Å². The lowest BCUT2D eigenvalue weighted by Crippen LogP contribution is -2.41. The van der Waals surface area contributed by atoms with E-state index in [0.717, 1.165) is 22.8 Å². The first-order chi connectivity index (χ1) is 6.63. The highest BCUT2D eigenvalue weighted by Gasteiger charge is 2.21. The maximum Gasteiger partial charge on any atom is 0.0147 e. The number of hydrogen-bond donors (Lipinski definition) is 1. The summed E-state index contributed by atoms with van der Waals surface area (Å²) in [6, 6.07) is 0. The van der Waals surface area contributed by atoms with E-state index in [2.05, 4.69) is 50.1 Å². The van der Waals surface area contributed by atoms with E-state index in [1.54, 1.807) is 0 Å². The fourth-order valence-corrected chi connectivity index (χ4v) is 3.49. The fourth-order valence-electron chi connectivity index (χ4n) is 1.87. The molecule has 1 heterocycles. The van der Waals surface area contributed by atoms with Crippen LogP contribution in [0.25, 0.3) is 0 Å². The predicted octanol–water partition coefficient (Wildman–Crippen LogP) is 2.63. The maximum atomic E-state index is 4.45. The Bertz CT molecular complexity index is 161. The molecule has 3 heteroatoms. The Morgan fingerprint density at radius 1 is 1.50 bits per heavy atom. The SMILES string of the molecule is CC1CN(CC(CS)C(C)C)CCS1. The molecule has 0 saturated carbocycles. The summed E-state index contributed by atoms with van der Waals surface area (Å²) < 4.78 is 0. The predicted molar refractivity (Wildman–Crippen MR) is 70.5 cm³/mol. The second-order valence-corrected chi connectivity index (χ2v) is 6.54. The molecule has 1 aliphatic rings. The molecule has 0 aliphatic carbocycles. The minimum Gasteiger partial charge on any atom is -0.301 e.